The van der Waals surface area contributed by atoms with Crippen molar-refractivity contribution >= 4 is 42.1 Å². The Morgan fingerprint density at radius 1 is 1.09 bits per heavy atom. The highest BCUT2D eigenvalue weighted by Crippen LogP contribution is 2.15. The Kier molecular flexibility index (Phi) is 13.7. The molecule has 0 heterocycles. The third-order valence-corrected chi connectivity index (χ3v) is 15.8. The molecule has 0 unspecified atom stereocenters. The maximum atomic E-state index is 11.2. The van der Waals surface area contributed by atoms with Gasteiger partial charge in [-0.3, -0.25) is 0 Å². The number of carbonyl (C=O) groups is 1. The lowest BCUT2D eigenvalue weighted by Gasteiger charge is -2.28. The monoisotopic (exact) mass is 382 g/mol. The van der Waals surface area contributed by atoms with Crippen molar-refractivity contribution in [3.63, 3.8) is 0 Å². The van der Waals surface area contributed by atoms with E-state index in [1.807, 2.05) is 0 Å². The van der Waals surface area contributed by atoms with Gasteiger partial charge >= 0.3 is 5.97 Å². The molecule has 0 atom stereocenters. The first-order valence-electron chi connectivity index (χ1n) is 6.74. The molecule has 0 aromatic heterocycles. The van der Waals surface area contributed by atoms with Crippen molar-refractivity contribution in [3.05, 3.63) is 23.6 Å². The molecular weight excluding hydrogens is 344 g/mol. The van der Waals surface area contributed by atoms with Crippen LogP contribution in [0.1, 0.15) is 23.2 Å². The van der Waals surface area contributed by atoms with Crippen molar-refractivity contribution in [1.82, 2.24) is 0 Å². The predicted molar refractivity (Wildman–Crippen MR) is 111 cm³/mol. The summed E-state index contributed by atoms with van der Waals surface area (Å²) in [7, 11) is -4.96. The Morgan fingerprint density at radius 2 is 1.59 bits per heavy atom. The summed E-state index contributed by atoms with van der Waals surface area (Å²) in [6, 6.07) is 0. The van der Waals surface area contributed by atoms with Crippen LogP contribution in [0, 0.1) is 0 Å². The minimum atomic E-state index is -1.89. The maximum Gasteiger partial charge on any atom is 0.332 e. The lowest BCUT2D eigenvalue weighted by Crippen LogP contribution is -2.41. The molecule has 0 rings (SSSR count). The van der Waals surface area contributed by atoms with E-state index < -0.39 is 36.2 Å². The zero-order chi connectivity index (χ0) is 16.0. The second kappa shape index (κ2) is 11.3. The van der Waals surface area contributed by atoms with E-state index in [0.717, 1.165) is 0 Å². The SMILES string of the molecule is C.C.C=C(C)C(=O)OC[SiH2]O[Si](C)(C)C(=C)[SiH2]O[Si](C)(C)C.[HH]. The first kappa shape index (κ1) is 26.6. The van der Waals surface area contributed by atoms with E-state index in [0.29, 0.717) is 11.8 Å². The maximum absolute atomic E-state index is 11.2. The van der Waals surface area contributed by atoms with Crippen LogP contribution in [-0.4, -0.2) is 48.4 Å². The third kappa shape index (κ3) is 12.3. The van der Waals surface area contributed by atoms with Crippen LogP contribution in [0.4, 0.5) is 0 Å². The van der Waals surface area contributed by atoms with Crippen LogP contribution in [0.5, 0.6) is 0 Å². The summed E-state index contributed by atoms with van der Waals surface area (Å²) in [6.45, 7) is 20.2. The molecule has 0 aliphatic rings. The van der Waals surface area contributed by atoms with Gasteiger partial charge in [-0.15, -0.1) is 6.58 Å². The molecule has 134 valence electrons. The number of hydrogen-bond acceptors (Lipinski definition) is 4. The molecule has 0 radical (unpaired) electrons. The van der Waals surface area contributed by atoms with Crippen LogP contribution in [0.15, 0.2) is 23.6 Å². The Bertz CT molecular complexity index is 381. The van der Waals surface area contributed by atoms with E-state index in [-0.39, 0.29) is 22.2 Å². The first-order valence-corrected chi connectivity index (χ1v) is 15.9. The molecule has 8 heteroatoms. The van der Waals surface area contributed by atoms with Gasteiger partial charge in [0.1, 0.15) is 6.23 Å². The van der Waals surface area contributed by atoms with Crippen molar-refractivity contribution in [2.75, 3.05) is 6.23 Å². The largest absolute Gasteiger partial charge is 0.464 e. The van der Waals surface area contributed by atoms with E-state index in [9.17, 15) is 4.79 Å². The molecule has 0 fully saturated rings. The van der Waals surface area contributed by atoms with Crippen molar-refractivity contribution in [2.45, 2.75) is 54.5 Å². The van der Waals surface area contributed by atoms with Crippen molar-refractivity contribution < 1.29 is 19.2 Å². The first-order chi connectivity index (χ1) is 8.96. The smallest absolute Gasteiger partial charge is 0.332 e. The van der Waals surface area contributed by atoms with E-state index in [2.05, 4.69) is 45.9 Å². The second-order valence-corrected chi connectivity index (χ2v) is 19.2. The molecule has 0 N–H and O–H groups in total. The zero-order valence-corrected chi connectivity index (χ0v) is 18.5. The number of hydrogen-bond donors (Lipinski definition) is 0. The summed E-state index contributed by atoms with van der Waals surface area (Å²) in [6.07, 6.45) is 0.395. The molecule has 0 saturated heterocycles. The predicted octanol–water partition coefficient (Wildman–Crippen LogP) is 2.88. The van der Waals surface area contributed by atoms with Crippen LogP contribution in [0.2, 0.25) is 32.7 Å². The molecule has 0 amide bonds. The van der Waals surface area contributed by atoms with Crippen LogP contribution in [0.3, 0.4) is 0 Å². The van der Waals surface area contributed by atoms with Gasteiger partial charge < -0.3 is 13.0 Å². The highest BCUT2D eigenvalue weighted by atomic mass is 28.4. The second-order valence-electron chi connectivity index (χ2n) is 6.28. The third-order valence-electron chi connectivity index (χ3n) is 2.66. The van der Waals surface area contributed by atoms with Crippen LogP contribution in [-0.2, 0) is 17.8 Å². The highest BCUT2D eigenvalue weighted by molar-refractivity contribution is 6.92. The van der Waals surface area contributed by atoms with Gasteiger partial charge in [-0.05, 0) is 39.7 Å². The number of carbonyl (C=O) groups excluding carboxylic acids is 1. The van der Waals surface area contributed by atoms with Gasteiger partial charge in [0.05, 0.1) is 0 Å². The van der Waals surface area contributed by atoms with Crippen LogP contribution in [0.25, 0.3) is 0 Å². The Balaban J connectivity index is -0.000000602. The van der Waals surface area contributed by atoms with Gasteiger partial charge in [0, 0.05) is 7.00 Å². The van der Waals surface area contributed by atoms with E-state index in [1.165, 1.54) is 4.82 Å². The Labute approximate surface area is 146 Å². The summed E-state index contributed by atoms with van der Waals surface area (Å²) >= 11 is 0. The van der Waals surface area contributed by atoms with Gasteiger partial charge in [-0.1, -0.05) is 26.3 Å². The lowest BCUT2D eigenvalue weighted by molar-refractivity contribution is -0.137. The van der Waals surface area contributed by atoms with Crippen LogP contribution >= 0.6 is 0 Å². The fourth-order valence-electron chi connectivity index (χ4n) is 1.13. The van der Waals surface area contributed by atoms with E-state index in [1.54, 1.807) is 6.92 Å². The van der Waals surface area contributed by atoms with Gasteiger partial charge in [-0.2, -0.15) is 0 Å². The van der Waals surface area contributed by atoms with Crippen molar-refractivity contribution in [3.8, 4) is 0 Å². The standard InChI is InChI=1S/C12H28O4Si4.2CH4.H2/c1-10(2)12(13)14-9-17-15-20(7,8)11(3)18-16-19(4,5)6;;;/h1,3,9,17-18H2,2,4-8H3;2*1H4;1H. The number of esters is 1. The molecule has 0 bridgehead atoms. The van der Waals surface area contributed by atoms with Crippen molar-refractivity contribution in [1.29, 1.82) is 0 Å². The van der Waals surface area contributed by atoms with Crippen molar-refractivity contribution in [2.24, 2.45) is 0 Å². The Hall–Kier alpha value is -0.262. The number of ether oxygens (including phenoxy) is 1. The summed E-state index contributed by atoms with van der Waals surface area (Å²) in [5, 5.41) is 0. The Morgan fingerprint density at radius 3 is 2.00 bits per heavy atom. The average molecular weight is 383 g/mol. The van der Waals surface area contributed by atoms with Gasteiger partial charge in [0.2, 0.25) is 0 Å². The fraction of sp³-hybridized carbons (Fsp3) is 0.643. The fourth-order valence-corrected chi connectivity index (χ4v) is 9.98. The molecule has 4 nitrogen and oxygen atoms in total. The number of rotatable bonds is 9. The molecule has 0 aromatic rings. The zero-order valence-electron chi connectivity index (χ0n) is 13.7. The molecule has 0 aliphatic carbocycles. The van der Waals surface area contributed by atoms with Gasteiger partial charge in [0.15, 0.2) is 36.2 Å². The molecule has 0 aliphatic heterocycles. The molecule has 0 spiro atoms. The van der Waals surface area contributed by atoms with Gasteiger partial charge in [-0.25, -0.2) is 4.79 Å². The molecule has 22 heavy (non-hydrogen) atoms. The summed E-state index contributed by atoms with van der Waals surface area (Å²) in [5.74, 6) is -0.337. The minimum absolute atomic E-state index is 0. The summed E-state index contributed by atoms with van der Waals surface area (Å²) in [4.78, 5) is 12.4. The molecule has 0 saturated carbocycles. The lowest BCUT2D eigenvalue weighted by atomic mass is 10.4. The normalized spacial score (nSPS) is 12.1. The average Bonchev–Trinajstić information content (AvgIpc) is 2.30. The molecular formula is C14H38O4Si4. The summed E-state index contributed by atoms with van der Waals surface area (Å²) < 4.78 is 17.1. The molecule has 0 aromatic carbocycles. The quantitative estimate of drug-likeness (QED) is 0.266. The highest BCUT2D eigenvalue weighted by Gasteiger charge is 2.28. The van der Waals surface area contributed by atoms with Gasteiger partial charge in [0.25, 0.3) is 0 Å². The topological polar surface area (TPSA) is 44.8 Å². The minimum Gasteiger partial charge on any atom is -0.464 e. The summed E-state index contributed by atoms with van der Waals surface area (Å²) in [5.41, 5.74) is 0.427. The van der Waals surface area contributed by atoms with E-state index >= 15 is 0 Å². The van der Waals surface area contributed by atoms with Crippen LogP contribution < -0.4 is 0 Å². The van der Waals surface area contributed by atoms with E-state index in [4.69, 9.17) is 13.0 Å².